The maximum absolute atomic E-state index is 13.6. The van der Waals surface area contributed by atoms with Crippen LogP contribution in [0, 0.1) is 15.9 Å². The quantitative estimate of drug-likeness (QED) is 0.237. The molecule has 4 aromatic rings. The number of thiocarbonyl (C=S) groups is 1. The van der Waals surface area contributed by atoms with Crippen LogP contribution in [0.4, 0.5) is 15.8 Å². The molecule has 1 N–H and O–H groups in total. The molecule has 0 amide bonds. The minimum absolute atomic E-state index is 0.00794. The Morgan fingerprint density at radius 1 is 1.03 bits per heavy atom. The van der Waals surface area contributed by atoms with Crippen molar-refractivity contribution in [1.29, 1.82) is 0 Å². The Labute approximate surface area is 193 Å². The summed E-state index contributed by atoms with van der Waals surface area (Å²) >= 11 is 5.64. The third-order valence-electron chi connectivity index (χ3n) is 5.48. The first-order valence-corrected chi connectivity index (χ1v) is 10.5. The summed E-state index contributed by atoms with van der Waals surface area (Å²) in [7, 11) is 0. The molecule has 3 heterocycles. The first-order chi connectivity index (χ1) is 16.0. The van der Waals surface area contributed by atoms with Crippen LogP contribution in [-0.4, -0.2) is 15.0 Å². The summed E-state index contributed by atoms with van der Waals surface area (Å²) in [4.78, 5) is 16.9. The molecule has 9 heteroatoms. The second kappa shape index (κ2) is 8.44. The Balaban J connectivity index is 1.56. The van der Waals surface area contributed by atoms with E-state index in [9.17, 15) is 14.5 Å². The molecule has 0 saturated carbocycles. The first-order valence-electron chi connectivity index (χ1n) is 10.1. The molecule has 7 nitrogen and oxygen atoms in total. The van der Waals surface area contributed by atoms with Gasteiger partial charge in [-0.3, -0.25) is 15.1 Å². The van der Waals surface area contributed by atoms with Crippen molar-refractivity contribution in [3.63, 3.8) is 0 Å². The Morgan fingerprint density at radius 2 is 1.79 bits per heavy atom. The summed E-state index contributed by atoms with van der Waals surface area (Å²) in [5, 5.41) is 14.7. The highest BCUT2D eigenvalue weighted by Crippen LogP contribution is 2.42. The Bertz CT molecular complexity index is 1310. The van der Waals surface area contributed by atoms with Crippen LogP contribution in [0.1, 0.15) is 23.5 Å². The molecule has 0 radical (unpaired) electrons. The van der Waals surface area contributed by atoms with Crippen LogP contribution in [0.2, 0.25) is 0 Å². The number of rotatable bonds is 5. The third kappa shape index (κ3) is 3.94. The van der Waals surface area contributed by atoms with Crippen LogP contribution in [0.5, 0.6) is 0 Å². The van der Waals surface area contributed by atoms with E-state index in [1.54, 1.807) is 30.5 Å². The van der Waals surface area contributed by atoms with Crippen LogP contribution in [-0.2, 0) is 0 Å². The van der Waals surface area contributed by atoms with Gasteiger partial charge in [0.05, 0.1) is 16.7 Å². The number of furan rings is 1. The second-order valence-electron chi connectivity index (χ2n) is 7.48. The summed E-state index contributed by atoms with van der Waals surface area (Å²) in [6, 6.07) is 20.9. The molecule has 0 aliphatic carbocycles. The molecule has 1 fully saturated rings. The largest absolute Gasteiger partial charge is 0.459 e. The molecule has 1 saturated heterocycles. The number of nitro groups is 1. The lowest BCUT2D eigenvalue weighted by molar-refractivity contribution is -0.384. The van der Waals surface area contributed by atoms with Gasteiger partial charge in [0.1, 0.15) is 23.4 Å². The molecular formula is C24H17FN4O3S. The standard InChI is InChI=1S/C24H17FN4O3S/c25-16-6-10-17(11-7-16)28-23(22(27-24(28)33)19-3-1-2-14-26-19)21-13-12-20(32-21)15-4-8-18(9-5-15)29(30)31/h1-14,22-23H,(H,27,33)/t22-,23+/m0/s1. The highest BCUT2D eigenvalue weighted by atomic mass is 32.1. The van der Waals surface area contributed by atoms with Crippen molar-refractivity contribution < 1.29 is 13.7 Å². The van der Waals surface area contributed by atoms with Crippen molar-refractivity contribution in [3.8, 4) is 11.3 Å². The van der Waals surface area contributed by atoms with Gasteiger partial charge < -0.3 is 14.6 Å². The van der Waals surface area contributed by atoms with Gasteiger partial charge in [0.15, 0.2) is 5.11 Å². The van der Waals surface area contributed by atoms with Crippen molar-refractivity contribution in [3.05, 3.63) is 112 Å². The number of benzene rings is 2. The van der Waals surface area contributed by atoms with E-state index in [0.717, 1.165) is 5.69 Å². The van der Waals surface area contributed by atoms with E-state index in [0.29, 0.717) is 27.9 Å². The van der Waals surface area contributed by atoms with Crippen LogP contribution in [0.25, 0.3) is 11.3 Å². The number of non-ortho nitro benzene ring substituents is 1. The third-order valence-corrected chi connectivity index (χ3v) is 5.80. The molecule has 0 spiro atoms. The zero-order chi connectivity index (χ0) is 22.9. The summed E-state index contributed by atoms with van der Waals surface area (Å²) in [6.07, 6.45) is 1.71. The van der Waals surface area contributed by atoms with Gasteiger partial charge in [-0.25, -0.2) is 4.39 Å². The number of nitrogens with zero attached hydrogens (tertiary/aromatic N) is 3. The maximum atomic E-state index is 13.6. The molecule has 1 aliphatic rings. The fourth-order valence-corrected chi connectivity index (χ4v) is 4.28. The first kappa shape index (κ1) is 20.8. The van der Waals surface area contributed by atoms with Gasteiger partial charge in [0.2, 0.25) is 0 Å². The molecule has 0 bridgehead atoms. The van der Waals surface area contributed by atoms with Crippen LogP contribution in [0.3, 0.4) is 0 Å². The van der Waals surface area contributed by atoms with E-state index >= 15 is 0 Å². The molecule has 2 aromatic heterocycles. The molecule has 5 rings (SSSR count). The summed E-state index contributed by atoms with van der Waals surface area (Å²) in [5.41, 5.74) is 2.21. The number of nitro benzene ring substituents is 1. The molecule has 33 heavy (non-hydrogen) atoms. The normalized spacial score (nSPS) is 17.7. The van der Waals surface area contributed by atoms with Crippen molar-refractivity contribution in [2.45, 2.75) is 12.1 Å². The molecular weight excluding hydrogens is 443 g/mol. The van der Waals surface area contributed by atoms with Crippen LogP contribution >= 0.6 is 12.2 Å². The second-order valence-corrected chi connectivity index (χ2v) is 7.87. The van der Waals surface area contributed by atoms with Gasteiger partial charge in [0, 0.05) is 29.6 Å². The van der Waals surface area contributed by atoms with Gasteiger partial charge in [-0.1, -0.05) is 6.07 Å². The number of halogens is 1. The zero-order valence-corrected chi connectivity index (χ0v) is 17.9. The lowest BCUT2D eigenvalue weighted by Crippen LogP contribution is -2.29. The summed E-state index contributed by atoms with van der Waals surface area (Å²) in [6.45, 7) is 0. The average molecular weight is 460 g/mol. The predicted octanol–water partition coefficient (Wildman–Crippen LogP) is 5.57. The van der Waals surface area contributed by atoms with Crippen molar-refractivity contribution in [1.82, 2.24) is 10.3 Å². The Morgan fingerprint density at radius 3 is 2.45 bits per heavy atom. The number of nitrogens with one attached hydrogen (secondary N) is 1. The van der Waals surface area contributed by atoms with Crippen molar-refractivity contribution >= 4 is 28.7 Å². The van der Waals surface area contributed by atoms with Crippen LogP contribution in [0.15, 0.2) is 89.5 Å². The van der Waals surface area contributed by atoms with Gasteiger partial charge in [-0.05, 0) is 72.9 Å². The van der Waals surface area contributed by atoms with Gasteiger partial charge in [-0.2, -0.15) is 0 Å². The minimum atomic E-state index is -0.444. The van der Waals surface area contributed by atoms with E-state index in [-0.39, 0.29) is 23.6 Å². The fourth-order valence-electron chi connectivity index (χ4n) is 3.94. The van der Waals surface area contributed by atoms with Gasteiger partial charge in [-0.15, -0.1) is 0 Å². The molecule has 2 atom stereocenters. The fraction of sp³-hybridized carbons (Fsp3) is 0.0833. The highest BCUT2D eigenvalue weighted by Gasteiger charge is 2.42. The van der Waals surface area contributed by atoms with E-state index in [4.69, 9.17) is 16.6 Å². The number of pyridine rings is 1. The molecule has 1 aliphatic heterocycles. The Hall–Kier alpha value is -4.11. The predicted molar refractivity (Wildman–Crippen MR) is 125 cm³/mol. The van der Waals surface area contributed by atoms with E-state index in [1.807, 2.05) is 35.2 Å². The maximum Gasteiger partial charge on any atom is 0.269 e. The summed E-state index contributed by atoms with van der Waals surface area (Å²) < 4.78 is 19.8. The number of hydrogen-bond acceptors (Lipinski definition) is 5. The van der Waals surface area contributed by atoms with E-state index in [1.165, 1.54) is 24.3 Å². The summed E-state index contributed by atoms with van der Waals surface area (Å²) in [5.74, 6) is 0.848. The van der Waals surface area contributed by atoms with Gasteiger partial charge >= 0.3 is 0 Å². The van der Waals surface area contributed by atoms with Crippen LogP contribution < -0.4 is 10.2 Å². The smallest absolute Gasteiger partial charge is 0.269 e. The highest BCUT2D eigenvalue weighted by molar-refractivity contribution is 7.80. The topological polar surface area (TPSA) is 84.4 Å². The number of hydrogen-bond donors (Lipinski definition) is 1. The van der Waals surface area contributed by atoms with E-state index < -0.39 is 4.92 Å². The minimum Gasteiger partial charge on any atom is -0.459 e. The zero-order valence-electron chi connectivity index (χ0n) is 17.1. The number of anilines is 1. The lowest BCUT2D eigenvalue weighted by Gasteiger charge is -2.26. The number of aromatic nitrogens is 1. The molecule has 0 unspecified atom stereocenters. The average Bonchev–Trinajstić information content (AvgIpc) is 3.45. The lowest BCUT2D eigenvalue weighted by atomic mass is 10.0. The van der Waals surface area contributed by atoms with Gasteiger partial charge in [0.25, 0.3) is 5.69 Å². The molecule has 164 valence electrons. The van der Waals surface area contributed by atoms with Crippen molar-refractivity contribution in [2.24, 2.45) is 0 Å². The van der Waals surface area contributed by atoms with Crippen molar-refractivity contribution in [2.75, 3.05) is 4.90 Å². The monoisotopic (exact) mass is 460 g/mol. The Kier molecular flexibility index (Phi) is 5.31. The van der Waals surface area contributed by atoms with E-state index in [2.05, 4.69) is 10.3 Å². The SMILES string of the molecule is O=[N+]([O-])c1ccc(-c2ccc([C@@H]3[C@H](c4ccccn4)NC(=S)N3c3ccc(F)cc3)o2)cc1. The molecule has 2 aromatic carbocycles.